The zero-order valence-electron chi connectivity index (χ0n) is 11.1. The van der Waals surface area contributed by atoms with Crippen LogP contribution in [-0.4, -0.2) is 34.2 Å². The third-order valence-corrected chi connectivity index (χ3v) is 2.55. The van der Waals surface area contributed by atoms with Gasteiger partial charge in [-0.25, -0.2) is 14.8 Å². The molecule has 1 aromatic rings. The minimum atomic E-state index is -0.888. The van der Waals surface area contributed by atoms with Crippen LogP contribution < -0.4 is 10.1 Å². The lowest BCUT2D eigenvalue weighted by Crippen LogP contribution is -2.31. The van der Waals surface area contributed by atoms with E-state index in [1.165, 1.54) is 13.4 Å². The number of methoxy groups -OCH3 is 1. The molecule has 6 nitrogen and oxygen atoms in total. The van der Waals surface area contributed by atoms with E-state index in [4.69, 9.17) is 9.84 Å². The number of aliphatic carboxylic acids is 1. The van der Waals surface area contributed by atoms with Gasteiger partial charge in [-0.15, -0.1) is 0 Å². The first-order valence-electron chi connectivity index (χ1n) is 5.80. The molecule has 1 heterocycles. The third kappa shape index (κ3) is 3.58. The Hall–Kier alpha value is -1.85. The molecule has 2 N–H and O–H groups in total. The van der Waals surface area contributed by atoms with Crippen molar-refractivity contribution in [2.24, 2.45) is 5.92 Å². The van der Waals surface area contributed by atoms with Gasteiger partial charge in [-0.2, -0.15) is 0 Å². The van der Waals surface area contributed by atoms with Crippen molar-refractivity contribution in [3.63, 3.8) is 0 Å². The van der Waals surface area contributed by atoms with Gasteiger partial charge in [0.1, 0.15) is 18.2 Å². The molecule has 1 rings (SSSR count). The number of carbonyl (C=O) groups is 1. The minimum absolute atomic E-state index is 0.280. The Morgan fingerprint density at radius 2 is 2.17 bits per heavy atom. The summed E-state index contributed by atoms with van der Waals surface area (Å²) in [5.74, 6) is 0.333. The number of nitrogens with one attached hydrogen (secondary N) is 1. The number of rotatable bonds is 6. The maximum absolute atomic E-state index is 11.2. The summed E-state index contributed by atoms with van der Waals surface area (Å²) in [6, 6.07) is -0.664. The van der Waals surface area contributed by atoms with Gasteiger partial charge in [-0.3, -0.25) is 0 Å². The first-order valence-corrected chi connectivity index (χ1v) is 5.80. The van der Waals surface area contributed by atoms with Gasteiger partial charge in [0.15, 0.2) is 0 Å². The maximum Gasteiger partial charge on any atom is 0.326 e. The van der Waals surface area contributed by atoms with Gasteiger partial charge in [0, 0.05) is 0 Å². The molecule has 0 aliphatic rings. The predicted octanol–water partition coefficient (Wildman–Crippen LogP) is 1.70. The zero-order valence-corrected chi connectivity index (χ0v) is 11.1. The summed E-state index contributed by atoms with van der Waals surface area (Å²) in [5, 5.41) is 12.1. The first kappa shape index (κ1) is 14.2. The fraction of sp³-hybridized carbons (Fsp3) is 0.583. The molecule has 6 heteroatoms. The van der Waals surface area contributed by atoms with E-state index in [1.807, 2.05) is 13.8 Å². The summed E-state index contributed by atoms with van der Waals surface area (Å²) in [7, 11) is 1.52. The summed E-state index contributed by atoms with van der Waals surface area (Å²) in [6.45, 7) is 5.74. The van der Waals surface area contributed by atoms with Gasteiger partial charge < -0.3 is 15.2 Å². The van der Waals surface area contributed by atoms with Gasteiger partial charge in [0.25, 0.3) is 0 Å². The topological polar surface area (TPSA) is 84.3 Å². The first-order chi connectivity index (χ1) is 8.45. The standard InChI is InChI=1S/C12H19N3O3/c1-7(2)5-9(12(16)17)15-10-8(3)11(18-4)14-6-13-10/h6-7,9H,5H2,1-4H3,(H,16,17)(H,13,14,15). The number of carboxylic acid groups (broad SMARTS) is 1. The Balaban J connectivity index is 2.90. The van der Waals surface area contributed by atoms with Crippen LogP contribution in [0.25, 0.3) is 0 Å². The Morgan fingerprint density at radius 3 is 2.67 bits per heavy atom. The monoisotopic (exact) mass is 253 g/mol. The highest BCUT2D eigenvalue weighted by atomic mass is 16.5. The Kier molecular flexibility index (Phi) is 4.88. The van der Waals surface area contributed by atoms with Crippen LogP contribution in [0.4, 0.5) is 5.82 Å². The minimum Gasteiger partial charge on any atom is -0.481 e. The molecule has 0 saturated heterocycles. The number of ether oxygens (including phenoxy) is 1. The second kappa shape index (κ2) is 6.18. The van der Waals surface area contributed by atoms with E-state index >= 15 is 0 Å². The fourth-order valence-electron chi connectivity index (χ4n) is 1.64. The van der Waals surface area contributed by atoms with Crippen LogP contribution in [0, 0.1) is 12.8 Å². The number of aromatic nitrogens is 2. The van der Waals surface area contributed by atoms with Crippen molar-refractivity contribution >= 4 is 11.8 Å². The van der Waals surface area contributed by atoms with Crippen molar-refractivity contribution in [1.29, 1.82) is 0 Å². The molecule has 1 aromatic heterocycles. The van der Waals surface area contributed by atoms with Gasteiger partial charge in [-0.05, 0) is 19.3 Å². The molecule has 18 heavy (non-hydrogen) atoms. The van der Waals surface area contributed by atoms with E-state index in [9.17, 15) is 4.79 Å². The van der Waals surface area contributed by atoms with Crippen molar-refractivity contribution in [1.82, 2.24) is 9.97 Å². The highest BCUT2D eigenvalue weighted by Crippen LogP contribution is 2.21. The molecule has 0 aliphatic heterocycles. The average Bonchev–Trinajstić information content (AvgIpc) is 2.30. The van der Waals surface area contributed by atoms with Crippen molar-refractivity contribution < 1.29 is 14.6 Å². The molecule has 0 aromatic carbocycles. The molecular weight excluding hydrogens is 234 g/mol. The zero-order chi connectivity index (χ0) is 13.7. The molecule has 0 radical (unpaired) electrons. The lowest BCUT2D eigenvalue weighted by atomic mass is 10.0. The van der Waals surface area contributed by atoms with Gasteiger partial charge in [-0.1, -0.05) is 13.8 Å². The van der Waals surface area contributed by atoms with E-state index in [2.05, 4.69) is 15.3 Å². The van der Waals surface area contributed by atoms with Crippen molar-refractivity contribution in [3.05, 3.63) is 11.9 Å². The summed E-state index contributed by atoms with van der Waals surface area (Å²) >= 11 is 0. The van der Waals surface area contributed by atoms with Crippen LogP contribution in [-0.2, 0) is 4.79 Å². The number of nitrogens with zero attached hydrogens (tertiary/aromatic N) is 2. The lowest BCUT2D eigenvalue weighted by molar-refractivity contribution is -0.138. The molecule has 0 fully saturated rings. The number of carboxylic acids is 1. The summed E-state index contributed by atoms with van der Waals surface area (Å²) in [5.41, 5.74) is 0.704. The van der Waals surface area contributed by atoms with Crippen LogP contribution in [0.3, 0.4) is 0 Å². The fourth-order valence-corrected chi connectivity index (χ4v) is 1.64. The lowest BCUT2D eigenvalue weighted by Gasteiger charge is -2.18. The molecule has 0 spiro atoms. The van der Waals surface area contributed by atoms with Crippen LogP contribution in [0.15, 0.2) is 6.33 Å². The Morgan fingerprint density at radius 1 is 1.50 bits per heavy atom. The van der Waals surface area contributed by atoms with E-state index in [-0.39, 0.29) is 5.92 Å². The molecule has 1 unspecified atom stereocenters. The summed E-state index contributed by atoms with van der Waals surface area (Å²) in [4.78, 5) is 19.2. The smallest absolute Gasteiger partial charge is 0.326 e. The number of hydrogen-bond donors (Lipinski definition) is 2. The Bertz CT molecular complexity index is 421. The molecule has 0 bridgehead atoms. The molecule has 1 atom stereocenters. The molecular formula is C12H19N3O3. The highest BCUT2D eigenvalue weighted by molar-refractivity contribution is 5.77. The van der Waals surface area contributed by atoms with Crippen LogP contribution in [0.1, 0.15) is 25.8 Å². The van der Waals surface area contributed by atoms with E-state index in [1.54, 1.807) is 6.92 Å². The second-order valence-corrected chi connectivity index (χ2v) is 4.52. The number of anilines is 1. The number of hydrogen-bond acceptors (Lipinski definition) is 5. The molecule has 100 valence electrons. The van der Waals surface area contributed by atoms with Gasteiger partial charge >= 0.3 is 5.97 Å². The molecule has 0 aliphatic carbocycles. The van der Waals surface area contributed by atoms with Crippen LogP contribution >= 0.6 is 0 Å². The van der Waals surface area contributed by atoms with E-state index in [0.29, 0.717) is 23.7 Å². The quantitative estimate of drug-likeness (QED) is 0.802. The molecule has 0 amide bonds. The highest BCUT2D eigenvalue weighted by Gasteiger charge is 2.20. The van der Waals surface area contributed by atoms with Crippen molar-refractivity contribution in [3.8, 4) is 5.88 Å². The largest absolute Gasteiger partial charge is 0.481 e. The van der Waals surface area contributed by atoms with E-state index < -0.39 is 12.0 Å². The van der Waals surface area contributed by atoms with Crippen molar-refractivity contribution in [2.45, 2.75) is 33.2 Å². The summed E-state index contributed by atoms with van der Waals surface area (Å²) < 4.78 is 5.07. The average molecular weight is 253 g/mol. The third-order valence-electron chi connectivity index (χ3n) is 2.55. The second-order valence-electron chi connectivity index (χ2n) is 4.52. The van der Waals surface area contributed by atoms with Crippen LogP contribution in [0.5, 0.6) is 5.88 Å². The summed E-state index contributed by atoms with van der Waals surface area (Å²) in [6.07, 6.45) is 1.88. The predicted molar refractivity (Wildman–Crippen MR) is 67.8 cm³/mol. The normalized spacial score (nSPS) is 12.3. The maximum atomic E-state index is 11.2. The van der Waals surface area contributed by atoms with Crippen molar-refractivity contribution in [2.75, 3.05) is 12.4 Å². The van der Waals surface area contributed by atoms with E-state index in [0.717, 1.165) is 0 Å². The Labute approximate surface area is 106 Å². The van der Waals surface area contributed by atoms with Gasteiger partial charge in [0.2, 0.25) is 5.88 Å². The van der Waals surface area contributed by atoms with Gasteiger partial charge in [0.05, 0.1) is 12.7 Å². The molecule has 0 saturated carbocycles. The SMILES string of the molecule is COc1ncnc(NC(CC(C)C)C(=O)O)c1C. The van der Waals surface area contributed by atoms with Crippen LogP contribution in [0.2, 0.25) is 0 Å².